The molecule has 1 aliphatic rings. The molecule has 1 N–H and O–H groups in total. The Morgan fingerprint density at radius 2 is 2.24 bits per heavy atom. The number of rotatable bonds is 4. The van der Waals surface area contributed by atoms with Crippen molar-refractivity contribution in [1.29, 1.82) is 0 Å². The molecule has 2 nitrogen and oxygen atoms in total. The second-order valence-electron chi connectivity index (χ2n) is 5.59. The molecule has 1 atom stereocenters. The normalized spacial score (nSPS) is 20.8. The first-order chi connectivity index (χ1) is 8.13. The van der Waals surface area contributed by atoms with Gasteiger partial charge in [-0.3, -0.25) is 0 Å². The third-order valence-electron chi connectivity index (χ3n) is 3.64. The number of methoxy groups -OCH3 is 1. The van der Waals surface area contributed by atoms with Crippen LogP contribution in [-0.2, 0) is 10.2 Å². The molecule has 1 heterocycles. The first-order valence-electron chi connectivity index (χ1n) is 6.46. The SMILES string of the molecule is COCC(C)(C)c1cccc(C2CCCN2)c1. The van der Waals surface area contributed by atoms with Gasteiger partial charge in [0.15, 0.2) is 0 Å². The van der Waals surface area contributed by atoms with E-state index in [1.165, 1.54) is 24.0 Å². The van der Waals surface area contributed by atoms with Gasteiger partial charge in [0.25, 0.3) is 0 Å². The van der Waals surface area contributed by atoms with Crippen LogP contribution in [0.1, 0.15) is 43.9 Å². The molecule has 0 spiro atoms. The van der Waals surface area contributed by atoms with Crippen molar-refractivity contribution in [2.45, 2.75) is 38.1 Å². The van der Waals surface area contributed by atoms with Crippen molar-refractivity contribution in [3.8, 4) is 0 Å². The van der Waals surface area contributed by atoms with E-state index in [9.17, 15) is 0 Å². The highest BCUT2D eigenvalue weighted by atomic mass is 16.5. The van der Waals surface area contributed by atoms with Gasteiger partial charge in [-0.15, -0.1) is 0 Å². The lowest BCUT2D eigenvalue weighted by molar-refractivity contribution is 0.146. The van der Waals surface area contributed by atoms with Gasteiger partial charge < -0.3 is 10.1 Å². The van der Waals surface area contributed by atoms with Crippen LogP contribution >= 0.6 is 0 Å². The molecule has 0 amide bonds. The molecule has 2 heteroatoms. The first-order valence-corrected chi connectivity index (χ1v) is 6.46. The van der Waals surface area contributed by atoms with E-state index >= 15 is 0 Å². The minimum Gasteiger partial charge on any atom is -0.384 e. The molecule has 0 radical (unpaired) electrons. The van der Waals surface area contributed by atoms with E-state index in [4.69, 9.17) is 4.74 Å². The summed E-state index contributed by atoms with van der Waals surface area (Å²) >= 11 is 0. The zero-order chi connectivity index (χ0) is 12.3. The van der Waals surface area contributed by atoms with Crippen LogP contribution in [0.5, 0.6) is 0 Å². The van der Waals surface area contributed by atoms with Gasteiger partial charge in [-0.05, 0) is 30.5 Å². The van der Waals surface area contributed by atoms with Crippen molar-refractivity contribution in [3.05, 3.63) is 35.4 Å². The van der Waals surface area contributed by atoms with Gasteiger partial charge in [0.2, 0.25) is 0 Å². The van der Waals surface area contributed by atoms with E-state index < -0.39 is 0 Å². The molecule has 1 unspecified atom stereocenters. The molecule has 0 bridgehead atoms. The lowest BCUT2D eigenvalue weighted by atomic mass is 9.84. The Balaban J connectivity index is 2.21. The Hall–Kier alpha value is -0.860. The van der Waals surface area contributed by atoms with Gasteiger partial charge in [-0.2, -0.15) is 0 Å². The Kier molecular flexibility index (Phi) is 3.85. The zero-order valence-electron chi connectivity index (χ0n) is 11.1. The summed E-state index contributed by atoms with van der Waals surface area (Å²) in [6.07, 6.45) is 2.55. The highest BCUT2D eigenvalue weighted by molar-refractivity contribution is 5.31. The maximum absolute atomic E-state index is 5.31. The van der Waals surface area contributed by atoms with Crippen LogP contribution < -0.4 is 5.32 Å². The van der Waals surface area contributed by atoms with Crippen molar-refractivity contribution in [2.75, 3.05) is 20.3 Å². The van der Waals surface area contributed by atoms with Crippen molar-refractivity contribution in [1.82, 2.24) is 5.32 Å². The predicted octanol–water partition coefficient (Wildman–Crippen LogP) is 3.04. The second-order valence-corrected chi connectivity index (χ2v) is 5.59. The second kappa shape index (κ2) is 5.19. The van der Waals surface area contributed by atoms with Crippen molar-refractivity contribution >= 4 is 0 Å². The zero-order valence-corrected chi connectivity index (χ0v) is 11.1. The fraction of sp³-hybridized carbons (Fsp3) is 0.600. The Morgan fingerprint density at radius 3 is 2.88 bits per heavy atom. The Labute approximate surface area is 104 Å². The lowest BCUT2D eigenvalue weighted by Crippen LogP contribution is -2.24. The summed E-state index contributed by atoms with van der Waals surface area (Å²) in [5, 5.41) is 3.55. The fourth-order valence-corrected chi connectivity index (χ4v) is 2.59. The molecule has 17 heavy (non-hydrogen) atoms. The van der Waals surface area contributed by atoms with Crippen molar-refractivity contribution in [3.63, 3.8) is 0 Å². The number of benzene rings is 1. The molecular formula is C15H23NO. The van der Waals surface area contributed by atoms with Gasteiger partial charge in [-0.25, -0.2) is 0 Å². The van der Waals surface area contributed by atoms with Crippen LogP contribution in [0.25, 0.3) is 0 Å². The monoisotopic (exact) mass is 233 g/mol. The van der Waals surface area contributed by atoms with Gasteiger partial charge in [-0.1, -0.05) is 38.1 Å². The lowest BCUT2D eigenvalue weighted by Gasteiger charge is -2.25. The summed E-state index contributed by atoms with van der Waals surface area (Å²) < 4.78 is 5.31. The highest BCUT2D eigenvalue weighted by Gasteiger charge is 2.22. The number of nitrogens with one attached hydrogen (secondary N) is 1. The summed E-state index contributed by atoms with van der Waals surface area (Å²) in [4.78, 5) is 0. The van der Waals surface area contributed by atoms with Crippen LogP contribution in [0.4, 0.5) is 0 Å². The standard InChI is InChI=1S/C15H23NO/c1-15(2,11-17-3)13-7-4-6-12(10-13)14-8-5-9-16-14/h4,6-7,10,14,16H,5,8-9,11H2,1-3H3. The summed E-state index contributed by atoms with van der Waals surface area (Å²) in [7, 11) is 1.77. The molecular weight excluding hydrogens is 210 g/mol. The summed E-state index contributed by atoms with van der Waals surface area (Å²) in [5.41, 5.74) is 2.87. The third kappa shape index (κ3) is 2.88. The van der Waals surface area contributed by atoms with Crippen molar-refractivity contribution in [2.24, 2.45) is 0 Å². The Bertz CT molecular complexity index is 367. The van der Waals surface area contributed by atoms with E-state index in [0.717, 1.165) is 13.2 Å². The molecule has 0 aromatic heterocycles. The topological polar surface area (TPSA) is 21.3 Å². The molecule has 1 fully saturated rings. The average molecular weight is 233 g/mol. The molecule has 1 aliphatic heterocycles. The van der Waals surface area contributed by atoms with Crippen LogP contribution in [0.15, 0.2) is 24.3 Å². The smallest absolute Gasteiger partial charge is 0.0553 e. The first kappa shape index (κ1) is 12.6. The van der Waals surface area contributed by atoms with E-state index in [0.29, 0.717) is 6.04 Å². The average Bonchev–Trinajstić information content (AvgIpc) is 2.82. The largest absolute Gasteiger partial charge is 0.384 e. The van der Waals surface area contributed by atoms with Crippen LogP contribution in [0.2, 0.25) is 0 Å². The van der Waals surface area contributed by atoms with E-state index in [-0.39, 0.29) is 5.41 Å². The predicted molar refractivity (Wildman–Crippen MR) is 71.3 cm³/mol. The van der Waals surface area contributed by atoms with E-state index in [2.05, 4.69) is 43.4 Å². The van der Waals surface area contributed by atoms with Crippen molar-refractivity contribution < 1.29 is 4.74 Å². The highest BCUT2D eigenvalue weighted by Crippen LogP contribution is 2.28. The number of hydrogen-bond acceptors (Lipinski definition) is 2. The molecule has 94 valence electrons. The van der Waals surface area contributed by atoms with Gasteiger partial charge in [0.05, 0.1) is 6.61 Å². The molecule has 2 rings (SSSR count). The summed E-state index contributed by atoms with van der Waals surface area (Å²) in [5.74, 6) is 0. The summed E-state index contributed by atoms with van der Waals surface area (Å²) in [6, 6.07) is 9.49. The Morgan fingerprint density at radius 1 is 1.41 bits per heavy atom. The van der Waals surface area contributed by atoms with Crippen LogP contribution in [0, 0.1) is 0 Å². The quantitative estimate of drug-likeness (QED) is 0.863. The minimum atomic E-state index is 0.0867. The van der Waals surface area contributed by atoms with Crippen LogP contribution in [0.3, 0.4) is 0 Å². The third-order valence-corrected chi connectivity index (χ3v) is 3.64. The molecule has 1 aromatic rings. The molecule has 1 aromatic carbocycles. The van der Waals surface area contributed by atoms with Gasteiger partial charge in [0, 0.05) is 18.6 Å². The molecule has 0 saturated carbocycles. The molecule has 0 aliphatic carbocycles. The number of ether oxygens (including phenoxy) is 1. The molecule has 1 saturated heterocycles. The minimum absolute atomic E-state index is 0.0867. The maximum atomic E-state index is 5.31. The summed E-state index contributed by atoms with van der Waals surface area (Å²) in [6.45, 7) is 6.38. The van der Waals surface area contributed by atoms with Gasteiger partial charge in [0.1, 0.15) is 0 Å². The number of hydrogen-bond donors (Lipinski definition) is 1. The van der Waals surface area contributed by atoms with E-state index in [1.54, 1.807) is 7.11 Å². The van der Waals surface area contributed by atoms with Crippen LogP contribution in [-0.4, -0.2) is 20.3 Å². The van der Waals surface area contributed by atoms with Gasteiger partial charge >= 0.3 is 0 Å². The maximum Gasteiger partial charge on any atom is 0.0553 e. The van der Waals surface area contributed by atoms with E-state index in [1.807, 2.05) is 0 Å². The fourth-order valence-electron chi connectivity index (χ4n) is 2.59.